The molecular weight excluding hydrogens is 439 g/mol. The average molecular weight is 470 g/mol. The lowest BCUT2D eigenvalue weighted by Gasteiger charge is -2.33. The lowest BCUT2D eigenvalue weighted by molar-refractivity contribution is -0.133. The first-order valence-electron chi connectivity index (χ1n) is 9.21. The van der Waals surface area contributed by atoms with Crippen molar-refractivity contribution in [2.75, 3.05) is 40.3 Å². The minimum Gasteiger partial charge on any atom is -0.489 e. The van der Waals surface area contributed by atoms with Crippen molar-refractivity contribution in [3.8, 4) is 5.75 Å². The Labute approximate surface area is 190 Å². The van der Waals surface area contributed by atoms with Crippen LogP contribution in [0.3, 0.4) is 0 Å². The normalized spacial score (nSPS) is 15.2. The second kappa shape index (κ2) is 13.1. The van der Waals surface area contributed by atoms with Gasteiger partial charge >= 0.3 is 0 Å². The molecule has 1 aliphatic rings. The third-order valence-electron chi connectivity index (χ3n) is 4.48. The molecule has 1 heterocycles. The minimum absolute atomic E-state index is 0. The summed E-state index contributed by atoms with van der Waals surface area (Å²) in [6.07, 6.45) is 1.43. The van der Waals surface area contributed by atoms with Crippen LogP contribution in [0, 0.1) is 0 Å². The van der Waals surface area contributed by atoms with E-state index in [2.05, 4.69) is 5.32 Å². The van der Waals surface area contributed by atoms with E-state index in [1.807, 2.05) is 19.0 Å². The number of amides is 2. The maximum atomic E-state index is 12.2. The molecule has 1 aromatic rings. The lowest BCUT2D eigenvalue weighted by atomic mass is 10.1. The number of carbonyl (C=O) groups is 2. The topological polar surface area (TPSA) is 87.9 Å². The van der Waals surface area contributed by atoms with Crippen LogP contribution in [0.2, 0.25) is 5.02 Å². The van der Waals surface area contributed by atoms with Crippen molar-refractivity contribution in [3.63, 3.8) is 0 Å². The van der Waals surface area contributed by atoms with E-state index in [0.717, 1.165) is 19.4 Å². The van der Waals surface area contributed by atoms with Crippen LogP contribution >= 0.6 is 36.4 Å². The summed E-state index contributed by atoms with van der Waals surface area (Å²) in [5.74, 6) is 0.364. The molecule has 0 saturated carbocycles. The van der Waals surface area contributed by atoms with E-state index in [9.17, 15) is 9.59 Å². The first-order chi connectivity index (χ1) is 12.8. The zero-order valence-electron chi connectivity index (χ0n) is 17.0. The van der Waals surface area contributed by atoms with Crippen LogP contribution in [0.15, 0.2) is 18.2 Å². The first-order valence-corrected chi connectivity index (χ1v) is 9.59. The number of nitrogens with two attached hydrogens (primary N) is 1. The Balaban J connectivity index is 0.00000392. The summed E-state index contributed by atoms with van der Waals surface area (Å²) in [5, 5.41) is 3.26. The molecule has 0 aromatic heterocycles. The van der Waals surface area contributed by atoms with Gasteiger partial charge in [-0.05, 0) is 39.2 Å². The summed E-state index contributed by atoms with van der Waals surface area (Å²) in [4.78, 5) is 27.9. The monoisotopic (exact) mass is 468 g/mol. The molecule has 10 heteroatoms. The van der Waals surface area contributed by atoms with Crippen LogP contribution in [0.1, 0.15) is 30.1 Å². The highest BCUT2D eigenvalue weighted by atomic mass is 35.5. The van der Waals surface area contributed by atoms with Crippen molar-refractivity contribution in [1.29, 1.82) is 0 Å². The maximum Gasteiger partial charge on any atom is 0.251 e. The predicted molar refractivity (Wildman–Crippen MR) is 121 cm³/mol. The minimum atomic E-state index is -0.478. The van der Waals surface area contributed by atoms with E-state index >= 15 is 0 Å². The molecule has 7 nitrogen and oxygen atoms in total. The van der Waals surface area contributed by atoms with E-state index in [-0.39, 0.29) is 42.7 Å². The summed E-state index contributed by atoms with van der Waals surface area (Å²) in [6.45, 7) is 4.28. The standard InChI is InChI=1S/C19H29ClN4O3.2ClH/c1-13(21)19(26)24-9-6-15(7-10-24)27-17-5-4-14(12-16(17)20)18(25)22-8-11-23(2)3;;/h4-5,12-13,15H,6-11,21H2,1-3H3,(H,22,25);2*1H/t13-;;/m1../s1. The van der Waals surface area contributed by atoms with E-state index in [0.29, 0.717) is 36.0 Å². The highest BCUT2D eigenvalue weighted by Gasteiger charge is 2.26. The Morgan fingerprint density at radius 1 is 1.31 bits per heavy atom. The number of likely N-dealkylation sites (tertiary alicyclic amines) is 1. The van der Waals surface area contributed by atoms with Gasteiger partial charge < -0.3 is 25.6 Å². The molecule has 1 aromatic carbocycles. The number of piperidine rings is 1. The molecule has 1 saturated heterocycles. The van der Waals surface area contributed by atoms with Gasteiger partial charge in [0, 0.05) is 44.6 Å². The molecule has 1 aliphatic heterocycles. The zero-order valence-corrected chi connectivity index (χ0v) is 19.4. The van der Waals surface area contributed by atoms with Gasteiger partial charge in [-0.1, -0.05) is 11.6 Å². The molecule has 29 heavy (non-hydrogen) atoms. The molecule has 0 unspecified atom stereocenters. The van der Waals surface area contributed by atoms with Crippen LogP contribution in [-0.2, 0) is 4.79 Å². The first kappa shape index (κ1) is 27.8. The Hall–Kier alpha value is -1.25. The molecule has 166 valence electrons. The van der Waals surface area contributed by atoms with Gasteiger partial charge in [-0.25, -0.2) is 0 Å². The fourth-order valence-corrected chi connectivity index (χ4v) is 3.12. The van der Waals surface area contributed by atoms with Crippen LogP contribution in [0.25, 0.3) is 0 Å². The smallest absolute Gasteiger partial charge is 0.251 e. The highest BCUT2D eigenvalue weighted by Crippen LogP contribution is 2.28. The molecule has 3 N–H and O–H groups in total. The zero-order chi connectivity index (χ0) is 20.0. The van der Waals surface area contributed by atoms with Crippen molar-refractivity contribution in [1.82, 2.24) is 15.1 Å². The summed E-state index contributed by atoms with van der Waals surface area (Å²) < 4.78 is 5.98. The SMILES string of the molecule is C[C@@H](N)C(=O)N1CCC(Oc2ccc(C(=O)NCCN(C)C)cc2Cl)CC1.Cl.Cl. The Morgan fingerprint density at radius 3 is 2.45 bits per heavy atom. The highest BCUT2D eigenvalue weighted by molar-refractivity contribution is 6.32. The third-order valence-corrected chi connectivity index (χ3v) is 4.77. The predicted octanol–water partition coefficient (Wildman–Crippen LogP) is 2.19. The van der Waals surface area contributed by atoms with E-state index in [1.165, 1.54) is 0 Å². The van der Waals surface area contributed by atoms with Gasteiger partial charge in [0.15, 0.2) is 0 Å². The van der Waals surface area contributed by atoms with E-state index < -0.39 is 6.04 Å². The number of benzene rings is 1. The molecule has 0 spiro atoms. The number of nitrogens with zero attached hydrogens (tertiary/aromatic N) is 2. The van der Waals surface area contributed by atoms with Gasteiger partial charge in [0.1, 0.15) is 11.9 Å². The van der Waals surface area contributed by atoms with Gasteiger partial charge in [-0.15, -0.1) is 24.8 Å². The largest absolute Gasteiger partial charge is 0.489 e. The van der Waals surface area contributed by atoms with Crippen molar-refractivity contribution in [2.24, 2.45) is 5.73 Å². The molecule has 0 radical (unpaired) electrons. The number of rotatable bonds is 7. The van der Waals surface area contributed by atoms with Gasteiger partial charge in [-0.2, -0.15) is 0 Å². The molecule has 1 fully saturated rings. The van der Waals surface area contributed by atoms with Crippen LogP contribution in [0.5, 0.6) is 5.75 Å². The summed E-state index contributed by atoms with van der Waals surface area (Å²) in [5.41, 5.74) is 6.16. The molecule has 0 bridgehead atoms. The van der Waals surface area contributed by atoms with Crippen LogP contribution < -0.4 is 15.8 Å². The van der Waals surface area contributed by atoms with E-state index in [1.54, 1.807) is 30.0 Å². The molecule has 2 amide bonds. The number of ether oxygens (including phenoxy) is 1. The summed E-state index contributed by atoms with van der Waals surface area (Å²) >= 11 is 6.30. The van der Waals surface area contributed by atoms with Crippen molar-refractivity contribution in [2.45, 2.75) is 31.9 Å². The Bertz CT molecular complexity index is 666. The maximum absolute atomic E-state index is 12.2. The number of hydrogen-bond donors (Lipinski definition) is 2. The van der Waals surface area contributed by atoms with E-state index in [4.69, 9.17) is 22.1 Å². The molecule has 1 atom stereocenters. The number of hydrogen-bond acceptors (Lipinski definition) is 5. The Kier molecular flexibility index (Phi) is 12.6. The number of nitrogens with one attached hydrogen (secondary N) is 1. The van der Waals surface area contributed by atoms with Gasteiger partial charge in [0.25, 0.3) is 5.91 Å². The quantitative estimate of drug-likeness (QED) is 0.639. The number of likely N-dealkylation sites (N-methyl/N-ethyl adjacent to an activating group) is 1. The van der Waals surface area contributed by atoms with Crippen LogP contribution in [0.4, 0.5) is 0 Å². The number of carbonyl (C=O) groups excluding carboxylic acids is 2. The Morgan fingerprint density at radius 2 is 1.93 bits per heavy atom. The van der Waals surface area contributed by atoms with Gasteiger partial charge in [0.2, 0.25) is 5.91 Å². The van der Waals surface area contributed by atoms with Crippen LogP contribution in [-0.4, -0.2) is 74.0 Å². The molecule has 0 aliphatic carbocycles. The van der Waals surface area contributed by atoms with Crippen molar-refractivity contribution < 1.29 is 14.3 Å². The third kappa shape index (κ3) is 8.56. The molecular formula is C19H31Cl3N4O3. The summed E-state index contributed by atoms with van der Waals surface area (Å²) in [7, 11) is 3.90. The van der Waals surface area contributed by atoms with Crippen molar-refractivity contribution in [3.05, 3.63) is 28.8 Å². The van der Waals surface area contributed by atoms with Gasteiger partial charge in [-0.3, -0.25) is 9.59 Å². The molecule has 2 rings (SSSR count). The fraction of sp³-hybridized carbons (Fsp3) is 0.579. The fourth-order valence-electron chi connectivity index (χ4n) is 2.89. The number of halogens is 3. The second-order valence-electron chi connectivity index (χ2n) is 7.14. The lowest BCUT2D eigenvalue weighted by Crippen LogP contribution is -2.47. The second-order valence-corrected chi connectivity index (χ2v) is 7.54. The summed E-state index contributed by atoms with van der Waals surface area (Å²) in [6, 6.07) is 4.58. The van der Waals surface area contributed by atoms with Crippen molar-refractivity contribution >= 4 is 48.2 Å². The van der Waals surface area contributed by atoms with Gasteiger partial charge in [0.05, 0.1) is 11.1 Å². The average Bonchev–Trinajstić information content (AvgIpc) is 2.63.